The van der Waals surface area contributed by atoms with E-state index in [0.29, 0.717) is 0 Å². The molecule has 0 heteroatoms. The van der Waals surface area contributed by atoms with Crippen LogP contribution in [0.3, 0.4) is 0 Å². The summed E-state index contributed by atoms with van der Waals surface area (Å²) in [6, 6.07) is 46.7. The Morgan fingerprint density at radius 3 is 1.12 bits per heavy atom. The smallest absolute Gasteiger partial charge is 0.0159 e. The fourth-order valence-electron chi connectivity index (χ4n) is 9.54. The molecule has 0 saturated carbocycles. The number of hydrogen-bond donors (Lipinski definition) is 0. The molecule has 0 radical (unpaired) electrons. The average molecular weight is 615 g/mol. The van der Waals surface area contributed by atoms with E-state index in [2.05, 4.69) is 163 Å². The van der Waals surface area contributed by atoms with Crippen LogP contribution in [0, 0.1) is 13.8 Å². The molecule has 6 aromatic carbocycles. The van der Waals surface area contributed by atoms with Gasteiger partial charge in [0.2, 0.25) is 0 Å². The molecule has 4 aliphatic carbocycles. The Balaban J connectivity index is 1.26. The lowest BCUT2D eigenvalue weighted by molar-refractivity contribution is 0.660. The molecular formula is C48H38. The van der Waals surface area contributed by atoms with Crippen LogP contribution in [0.4, 0.5) is 0 Å². The molecule has 0 aliphatic heterocycles. The minimum Gasteiger partial charge on any atom is -0.0619 e. The van der Waals surface area contributed by atoms with Gasteiger partial charge in [0.05, 0.1) is 0 Å². The summed E-state index contributed by atoms with van der Waals surface area (Å²) in [6.45, 7) is 14.0. The van der Waals surface area contributed by atoms with Gasteiger partial charge in [-0.25, -0.2) is 0 Å². The van der Waals surface area contributed by atoms with Crippen molar-refractivity contribution in [3.8, 4) is 22.3 Å². The normalized spacial score (nSPS) is 16.7. The van der Waals surface area contributed by atoms with Crippen molar-refractivity contribution in [3.05, 3.63) is 188 Å². The molecule has 0 fully saturated rings. The van der Waals surface area contributed by atoms with Crippen molar-refractivity contribution < 1.29 is 0 Å². The maximum absolute atomic E-state index is 2.51. The van der Waals surface area contributed by atoms with Crippen molar-refractivity contribution in [2.75, 3.05) is 0 Å². The molecule has 0 atom stereocenters. The van der Waals surface area contributed by atoms with Gasteiger partial charge in [0.25, 0.3) is 0 Å². The van der Waals surface area contributed by atoms with Crippen molar-refractivity contribution in [3.63, 3.8) is 0 Å². The second-order valence-corrected chi connectivity index (χ2v) is 15.5. The Hall–Kier alpha value is -5.20. The Morgan fingerprint density at radius 1 is 0.312 bits per heavy atom. The summed E-state index contributed by atoms with van der Waals surface area (Å²) in [5, 5.41) is 0. The molecule has 0 aromatic heterocycles. The molecule has 0 saturated heterocycles. The van der Waals surface area contributed by atoms with Crippen molar-refractivity contribution in [1.29, 1.82) is 0 Å². The van der Waals surface area contributed by atoms with Gasteiger partial charge in [-0.3, -0.25) is 0 Å². The standard InChI is InChI=1S/C48H38/c1-27-15-19-35-37(23-27)43(29-17-21-33-31-11-7-9-13-39(31)47(3,4)41(33)25-29)46-36-20-16-28(2)24-38(36)44(45(35)46)30-18-22-34-32-12-8-10-14-40(32)48(5,6)42(34)26-30/h7-26H,1-6H3. The van der Waals surface area contributed by atoms with Crippen LogP contribution in [0.1, 0.15) is 94.5 Å². The molecule has 230 valence electrons. The third-order valence-electron chi connectivity index (χ3n) is 11.9. The van der Waals surface area contributed by atoms with Gasteiger partial charge in [0.1, 0.15) is 0 Å². The molecular weight excluding hydrogens is 577 g/mol. The SMILES string of the molecule is Cc1ccc2c(c1)C(c1ccc3c(c1)C(C)(C)c1ccccc1-3)=C1C2=C(c2ccc3c(c2)C(C)(C)c2ccccc2-3)c2cc(C)ccc21. The van der Waals surface area contributed by atoms with Crippen molar-refractivity contribution in [2.45, 2.75) is 52.4 Å². The molecule has 0 unspecified atom stereocenters. The van der Waals surface area contributed by atoms with Gasteiger partial charge in [0.15, 0.2) is 0 Å². The first-order chi connectivity index (χ1) is 23.1. The highest BCUT2D eigenvalue weighted by molar-refractivity contribution is 6.35. The van der Waals surface area contributed by atoms with Crippen LogP contribution in [-0.4, -0.2) is 0 Å². The van der Waals surface area contributed by atoms with Crippen molar-refractivity contribution in [1.82, 2.24) is 0 Å². The number of aryl methyl sites for hydroxylation is 2. The van der Waals surface area contributed by atoms with E-state index in [-0.39, 0.29) is 10.8 Å². The third-order valence-corrected chi connectivity index (χ3v) is 11.9. The van der Waals surface area contributed by atoms with Crippen LogP contribution in [0.15, 0.2) is 121 Å². The maximum Gasteiger partial charge on any atom is 0.0159 e. The first-order valence-corrected chi connectivity index (χ1v) is 17.4. The van der Waals surface area contributed by atoms with Gasteiger partial charge in [-0.1, -0.05) is 148 Å². The molecule has 0 bridgehead atoms. The molecule has 0 amide bonds. The summed E-state index contributed by atoms with van der Waals surface area (Å²) in [4.78, 5) is 0. The molecule has 0 spiro atoms. The van der Waals surface area contributed by atoms with Gasteiger partial charge < -0.3 is 0 Å². The van der Waals surface area contributed by atoms with Crippen LogP contribution in [-0.2, 0) is 10.8 Å². The third kappa shape index (κ3) is 3.45. The number of allylic oxidation sites excluding steroid dienone is 2. The Labute approximate surface area is 284 Å². The molecule has 4 aliphatic rings. The van der Waals surface area contributed by atoms with E-state index in [9.17, 15) is 0 Å². The highest BCUT2D eigenvalue weighted by Gasteiger charge is 2.41. The second kappa shape index (κ2) is 9.24. The van der Waals surface area contributed by atoms with Crippen molar-refractivity contribution in [2.24, 2.45) is 0 Å². The highest BCUT2D eigenvalue weighted by Crippen LogP contribution is 2.60. The Bertz CT molecular complexity index is 2330. The van der Waals surface area contributed by atoms with Crippen LogP contribution < -0.4 is 0 Å². The van der Waals surface area contributed by atoms with E-state index in [4.69, 9.17) is 0 Å². The molecule has 48 heavy (non-hydrogen) atoms. The molecule has 0 nitrogen and oxygen atoms in total. The van der Waals surface area contributed by atoms with Crippen LogP contribution in [0.25, 0.3) is 44.5 Å². The lowest BCUT2D eigenvalue weighted by Gasteiger charge is -2.22. The zero-order valence-corrected chi connectivity index (χ0v) is 28.5. The molecule has 0 N–H and O–H groups in total. The number of hydrogen-bond acceptors (Lipinski definition) is 0. The lowest BCUT2D eigenvalue weighted by atomic mass is 9.81. The topological polar surface area (TPSA) is 0 Å². The largest absolute Gasteiger partial charge is 0.0619 e. The van der Waals surface area contributed by atoms with Gasteiger partial charge in [-0.2, -0.15) is 0 Å². The minimum atomic E-state index is -0.0511. The van der Waals surface area contributed by atoms with E-state index in [1.54, 1.807) is 0 Å². The molecule has 6 aromatic rings. The Morgan fingerprint density at radius 2 is 0.688 bits per heavy atom. The maximum atomic E-state index is 2.51. The summed E-state index contributed by atoms with van der Waals surface area (Å²) in [7, 11) is 0. The number of rotatable bonds is 2. The summed E-state index contributed by atoms with van der Waals surface area (Å²) < 4.78 is 0. The van der Waals surface area contributed by atoms with Gasteiger partial charge in [-0.05, 0) is 126 Å². The fourth-order valence-corrected chi connectivity index (χ4v) is 9.54. The first-order valence-electron chi connectivity index (χ1n) is 17.4. The molecule has 10 rings (SSSR count). The van der Waals surface area contributed by atoms with Gasteiger partial charge >= 0.3 is 0 Å². The van der Waals surface area contributed by atoms with E-state index in [0.717, 1.165) is 0 Å². The summed E-state index contributed by atoms with van der Waals surface area (Å²) in [5.41, 5.74) is 27.2. The van der Waals surface area contributed by atoms with Crippen LogP contribution >= 0.6 is 0 Å². The number of benzene rings is 6. The zero-order valence-electron chi connectivity index (χ0n) is 28.5. The lowest BCUT2D eigenvalue weighted by Crippen LogP contribution is -2.15. The summed E-state index contributed by atoms with van der Waals surface area (Å²) in [5.74, 6) is 0. The highest BCUT2D eigenvalue weighted by atomic mass is 14.4. The predicted molar refractivity (Wildman–Crippen MR) is 202 cm³/mol. The van der Waals surface area contributed by atoms with Gasteiger partial charge in [-0.15, -0.1) is 0 Å². The Kier molecular flexibility index (Phi) is 5.36. The second-order valence-electron chi connectivity index (χ2n) is 15.5. The van der Waals surface area contributed by atoms with Crippen LogP contribution in [0.5, 0.6) is 0 Å². The van der Waals surface area contributed by atoms with E-state index < -0.39 is 0 Å². The predicted octanol–water partition coefficient (Wildman–Crippen LogP) is 12.2. The minimum absolute atomic E-state index is 0.0511. The molecule has 0 heterocycles. The van der Waals surface area contributed by atoms with Crippen LogP contribution in [0.2, 0.25) is 0 Å². The first kappa shape index (κ1) is 27.9. The zero-order chi connectivity index (χ0) is 32.7. The average Bonchev–Trinajstić information content (AvgIpc) is 3.73. The summed E-state index contributed by atoms with van der Waals surface area (Å²) in [6.07, 6.45) is 0. The van der Waals surface area contributed by atoms with E-state index in [1.807, 2.05) is 0 Å². The van der Waals surface area contributed by atoms with E-state index in [1.165, 1.54) is 111 Å². The number of fused-ring (bicyclic) bond motifs is 11. The van der Waals surface area contributed by atoms with Gasteiger partial charge in [0, 0.05) is 10.8 Å². The monoisotopic (exact) mass is 614 g/mol. The summed E-state index contributed by atoms with van der Waals surface area (Å²) >= 11 is 0. The van der Waals surface area contributed by atoms with Crippen molar-refractivity contribution >= 4 is 22.3 Å². The quantitative estimate of drug-likeness (QED) is 0.182. The fraction of sp³-hybridized carbons (Fsp3) is 0.167. The van der Waals surface area contributed by atoms with E-state index >= 15 is 0 Å².